The topological polar surface area (TPSA) is 96.8 Å². The van der Waals surface area contributed by atoms with Gasteiger partial charge in [-0.05, 0) is 58.0 Å². The Morgan fingerprint density at radius 1 is 1.07 bits per heavy atom. The molecule has 2 N–H and O–H groups in total. The largest absolute Gasteiger partial charge is 0.493 e. The monoisotopic (exact) mass is 555 g/mol. The first-order valence-corrected chi connectivity index (χ1v) is 14.3. The number of para-hydroxylation sites is 1. The number of hydrogen-bond donors (Lipinski definition) is 2. The summed E-state index contributed by atoms with van der Waals surface area (Å²) in [6.07, 6.45) is 4.44. The zero-order valence-electron chi connectivity index (χ0n) is 23.9. The minimum Gasteiger partial charge on any atom is -0.493 e. The molecule has 0 spiro atoms. The van der Waals surface area contributed by atoms with Crippen LogP contribution in [-0.4, -0.2) is 66.4 Å². The van der Waals surface area contributed by atoms with E-state index >= 15 is 0 Å². The van der Waals surface area contributed by atoms with E-state index in [-0.39, 0.29) is 5.56 Å². The molecule has 0 saturated carbocycles. The number of nitrogens with one attached hydrogen (secondary N) is 2. The van der Waals surface area contributed by atoms with Gasteiger partial charge >= 0.3 is 0 Å². The van der Waals surface area contributed by atoms with Gasteiger partial charge in [0.1, 0.15) is 29.4 Å². The van der Waals surface area contributed by atoms with Crippen molar-refractivity contribution in [3.63, 3.8) is 0 Å². The zero-order valence-corrected chi connectivity index (χ0v) is 23.9. The highest BCUT2D eigenvalue weighted by molar-refractivity contribution is 5.85. The third kappa shape index (κ3) is 5.78. The van der Waals surface area contributed by atoms with Crippen molar-refractivity contribution in [1.29, 1.82) is 0 Å². The van der Waals surface area contributed by atoms with E-state index in [0.717, 1.165) is 66.1 Å². The molecule has 0 aliphatic carbocycles. The summed E-state index contributed by atoms with van der Waals surface area (Å²) in [7, 11) is 4.03. The van der Waals surface area contributed by atoms with Crippen LogP contribution in [0.2, 0.25) is 0 Å². The van der Waals surface area contributed by atoms with Crippen LogP contribution in [0.1, 0.15) is 24.8 Å². The van der Waals surface area contributed by atoms with Crippen LogP contribution in [-0.2, 0) is 6.54 Å². The van der Waals surface area contributed by atoms with Crippen molar-refractivity contribution in [2.24, 2.45) is 0 Å². The summed E-state index contributed by atoms with van der Waals surface area (Å²) in [5, 5.41) is 7.64. The van der Waals surface area contributed by atoms with Gasteiger partial charge in [-0.1, -0.05) is 12.1 Å². The molecule has 0 unspecified atom stereocenters. The number of rotatable bonds is 5. The molecule has 41 heavy (non-hydrogen) atoms. The lowest BCUT2D eigenvalue weighted by atomic mass is 10.1. The van der Waals surface area contributed by atoms with Crippen LogP contribution in [0.5, 0.6) is 11.5 Å². The highest BCUT2D eigenvalue weighted by Crippen LogP contribution is 2.36. The second kappa shape index (κ2) is 11.7. The summed E-state index contributed by atoms with van der Waals surface area (Å²) < 4.78 is 13.9. The molecule has 2 aliphatic rings. The number of aromatic nitrogens is 3. The van der Waals surface area contributed by atoms with E-state index in [1.165, 1.54) is 0 Å². The molecule has 10 nitrogen and oxygen atoms in total. The lowest BCUT2D eigenvalue weighted by molar-refractivity contribution is 0.258. The Labute approximate surface area is 239 Å². The second-order valence-electron chi connectivity index (χ2n) is 10.9. The first kappa shape index (κ1) is 26.9. The summed E-state index contributed by atoms with van der Waals surface area (Å²) in [4.78, 5) is 27.8. The maximum Gasteiger partial charge on any atom is 0.276 e. The number of ether oxygens (including phenoxy) is 2. The minimum absolute atomic E-state index is 0.0431. The molecule has 4 aromatic rings. The Hall–Kier alpha value is -4.31. The molecule has 0 saturated heterocycles. The molecule has 4 heterocycles. The summed E-state index contributed by atoms with van der Waals surface area (Å²) in [5.74, 6) is 1.86. The van der Waals surface area contributed by atoms with Gasteiger partial charge in [0.25, 0.3) is 5.56 Å². The fourth-order valence-electron chi connectivity index (χ4n) is 5.40. The van der Waals surface area contributed by atoms with Crippen molar-refractivity contribution in [2.75, 3.05) is 62.5 Å². The minimum atomic E-state index is -0.0431. The number of anilines is 5. The lowest BCUT2D eigenvalue weighted by Crippen LogP contribution is -2.36. The molecular formula is C31H37N7O3. The van der Waals surface area contributed by atoms with Gasteiger partial charge in [-0.25, -0.2) is 4.98 Å². The summed E-state index contributed by atoms with van der Waals surface area (Å²) in [6.45, 7) is 6.07. The van der Waals surface area contributed by atoms with Crippen LogP contribution in [0.25, 0.3) is 11.0 Å². The van der Waals surface area contributed by atoms with Gasteiger partial charge in [0.05, 0.1) is 18.0 Å². The van der Waals surface area contributed by atoms with Crippen LogP contribution < -0.4 is 30.6 Å². The third-order valence-corrected chi connectivity index (χ3v) is 7.52. The summed E-state index contributed by atoms with van der Waals surface area (Å²) in [6, 6.07) is 13.9. The van der Waals surface area contributed by atoms with Gasteiger partial charge in [0, 0.05) is 61.6 Å². The Morgan fingerprint density at radius 2 is 1.98 bits per heavy atom. The van der Waals surface area contributed by atoms with E-state index in [1.807, 2.05) is 49.0 Å². The van der Waals surface area contributed by atoms with E-state index in [0.29, 0.717) is 49.3 Å². The number of fused-ring (bicyclic) bond motifs is 4. The molecule has 6 rings (SSSR count). The molecule has 0 amide bonds. The van der Waals surface area contributed by atoms with E-state index in [1.54, 1.807) is 6.20 Å². The zero-order chi connectivity index (χ0) is 28.3. The lowest BCUT2D eigenvalue weighted by Gasteiger charge is -2.33. The van der Waals surface area contributed by atoms with Gasteiger partial charge in [0.2, 0.25) is 5.95 Å². The average molecular weight is 556 g/mol. The molecule has 10 heteroatoms. The average Bonchev–Trinajstić information content (AvgIpc) is 2.95. The SMILES string of the molecule is Cc1cccc2c1NCCN2c1cc2cnc3nc2n(c1=O)CCCCCOc1cc(cc(OCCN(C)C)c1)N3. The van der Waals surface area contributed by atoms with E-state index in [4.69, 9.17) is 14.5 Å². The van der Waals surface area contributed by atoms with Crippen LogP contribution in [0.15, 0.2) is 53.5 Å². The van der Waals surface area contributed by atoms with Crippen molar-refractivity contribution in [3.05, 3.63) is 64.6 Å². The Balaban J connectivity index is 1.40. The van der Waals surface area contributed by atoms with Crippen molar-refractivity contribution in [3.8, 4) is 11.5 Å². The van der Waals surface area contributed by atoms with Gasteiger partial charge in [-0.3, -0.25) is 9.36 Å². The number of benzene rings is 2. The highest BCUT2D eigenvalue weighted by Gasteiger charge is 2.24. The maximum absolute atomic E-state index is 14.1. The summed E-state index contributed by atoms with van der Waals surface area (Å²) in [5.41, 5.74) is 5.24. The fourth-order valence-corrected chi connectivity index (χ4v) is 5.40. The van der Waals surface area contributed by atoms with E-state index in [9.17, 15) is 4.79 Å². The van der Waals surface area contributed by atoms with Crippen LogP contribution in [0.3, 0.4) is 0 Å². The smallest absolute Gasteiger partial charge is 0.276 e. The standard InChI is InChI=1S/C31H37N7O3/c1-21-8-7-9-26-28(21)32-10-12-37(26)27-16-22-20-33-31-34-23-17-24(19-25(18-23)41-15-13-36(2)3)40-14-6-4-5-11-38(30(27)39)29(22)35-31/h7-9,16-20,32H,4-6,10-15H2,1-3H3,(H,33,34,35). The van der Waals surface area contributed by atoms with Crippen molar-refractivity contribution in [1.82, 2.24) is 19.4 Å². The summed E-state index contributed by atoms with van der Waals surface area (Å²) >= 11 is 0. The molecule has 214 valence electrons. The highest BCUT2D eigenvalue weighted by atomic mass is 16.5. The van der Waals surface area contributed by atoms with Crippen molar-refractivity contribution in [2.45, 2.75) is 32.7 Å². The normalized spacial score (nSPS) is 15.1. The third-order valence-electron chi connectivity index (χ3n) is 7.52. The van der Waals surface area contributed by atoms with Gasteiger partial charge in [-0.2, -0.15) is 4.98 Å². The Morgan fingerprint density at radius 3 is 2.85 bits per heavy atom. The molecule has 0 radical (unpaired) electrons. The predicted molar refractivity (Wildman–Crippen MR) is 164 cm³/mol. The molecule has 2 aromatic carbocycles. The van der Waals surface area contributed by atoms with Gasteiger partial charge < -0.3 is 29.9 Å². The van der Waals surface area contributed by atoms with Crippen LogP contribution in [0.4, 0.5) is 28.7 Å². The first-order chi connectivity index (χ1) is 20.0. The predicted octanol–water partition coefficient (Wildman–Crippen LogP) is 4.91. The van der Waals surface area contributed by atoms with Crippen LogP contribution in [0, 0.1) is 6.92 Å². The van der Waals surface area contributed by atoms with Crippen molar-refractivity contribution >= 4 is 39.7 Å². The quantitative estimate of drug-likeness (QED) is 0.356. The number of pyridine rings is 1. The molecule has 0 atom stereocenters. The molecule has 2 aromatic heterocycles. The molecule has 4 bridgehead atoms. The van der Waals surface area contributed by atoms with E-state index < -0.39 is 0 Å². The number of nitrogens with zero attached hydrogens (tertiary/aromatic N) is 5. The molecular weight excluding hydrogens is 518 g/mol. The molecule has 2 aliphatic heterocycles. The van der Waals surface area contributed by atoms with Gasteiger partial charge in [0.15, 0.2) is 0 Å². The number of likely N-dealkylation sites (N-methyl/N-ethyl adjacent to an activating group) is 1. The fraction of sp³-hybridized carbons (Fsp3) is 0.387. The van der Waals surface area contributed by atoms with Gasteiger partial charge in [-0.15, -0.1) is 0 Å². The van der Waals surface area contributed by atoms with E-state index in [2.05, 4.69) is 44.5 Å². The maximum atomic E-state index is 14.1. The van der Waals surface area contributed by atoms with Crippen molar-refractivity contribution < 1.29 is 9.47 Å². The first-order valence-electron chi connectivity index (χ1n) is 14.3. The molecule has 0 fully saturated rings. The Kier molecular flexibility index (Phi) is 7.65. The second-order valence-corrected chi connectivity index (χ2v) is 10.9. The number of aryl methyl sites for hydroxylation is 2. The number of hydrogen-bond acceptors (Lipinski definition) is 9. The Bertz CT molecular complexity index is 1620. The van der Waals surface area contributed by atoms with Crippen LogP contribution >= 0.6 is 0 Å².